The molecular weight excluding hydrogens is 316 g/mol. The number of allylic oxidation sites excluding steroid dienone is 2. The first-order valence-corrected chi connectivity index (χ1v) is 8.77. The average molecular weight is 334 g/mol. The van der Waals surface area contributed by atoms with Crippen LogP contribution in [0.5, 0.6) is 0 Å². The lowest BCUT2D eigenvalue weighted by atomic mass is 9.74. The van der Waals surface area contributed by atoms with Crippen molar-refractivity contribution in [2.75, 3.05) is 0 Å². The summed E-state index contributed by atoms with van der Waals surface area (Å²) in [5, 5.41) is 4.86. The molecule has 0 unspecified atom stereocenters. The second kappa shape index (κ2) is 5.37. The Morgan fingerprint density at radius 2 is 2.28 bits per heavy atom. The van der Waals surface area contributed by atoms with Gasteiger partial charge in [0.25, 0.3) is 11.5 Å². The molecule has 2 heterocycles. The van der Waals surface area contributed by atoms with E-state index < -0.39 is 0 Å². The van der Waals surface area contributed by atoms with Crippen molar-refractivity contribution in [3.63, 3.8) is 0 Å². The van der Waals surface area contributed by atoms with Crippen molar-refractivity contribution in [2.24, 2.45) is 16.9 Å². The van der Waals surface area contributed by atoms with E-state index in [1.165, 1.54) is 0 Å². The van der Waals surface area contributed by atoms with Crippen LogP contribution < -0.4 is 11.0 Å². The van der Waals surface area contributed by atoms with Crippen molar-refractivity contribution in [1.29, 1.82) is 0 Å². The van der Waals surface area contributed by atoms with Crippen LogP contribution in [0.1, 0.15) is 35.4 Å². The molecule has 5 rings (SSSR count). The number of aryl methyl sites for hydroxylation is 1. The van der Waals surface area contributed by atoms with Crippen LogP contribution in [0.25, 0.3) is 10.9 Å². The van der Waals surface area contributed by atoms with E-state index in [2.05, 4.69) is 27.7 Å². The van der Waals surface area contributed by atoms with Crippen LogP contribution in [0.3, 0.4) is 0 Å². The van der Waals surface area contributed by atoms with Gasteiger partial charge in [-0.3, -0.25) is 14.2 Å². The van der Waals surface area contributed by atoms with Crippen LogP contribution >= 0.6 is 0 Å². The van der Waals surface area contributed by atoms with E-state index in [-0.39, 0.29) is 11.5 Å². The number of hydrogen-bond acceptors (Lipinski definition) is 4. The van der Waals surface area contributed by atoms with Crippen LogP contribution in [-0.4, -0.2) is 21.2 Å². The highest BCUT2D eigenvalue weighted by Gasteiger charge is 2.38. The fourth-order valence-corrected chi connectivity index (χ4v) is 4.08. The lowest BCUT2D eigenvalue weighted by molar-refractivity contribution is 0.0954. The molecule has 0 spiro atoms. The molecule has 0 radical (unpaired) electrons. The molecule has 3 aliphatic rings. The fourth-order valence-electron chi connectivity index (χ4n) is 4.08. The van der Waals surface area contributed by atoms with E-state index in [1.54, 1.807) is 22.8 Å². The molecule has 0 saturated heterocycles. The Bertz CT molecular complexity index is 1020. The predicted molar refractivity (Wildman–Crippen MR) is 94.6 cm³/mol. The summed E-state index contributed by atoms with van der Waals surface area (Å²) in [6.45, 7) is 0.730. The molecule has 1 amide bonds. The zero-order valence-electron chi connectivity index (χ0n) is 13.7. The van der Waals surface area contributed by atoms with E-state index >= 15 is 0 Å². The Kier molecular flexibility index (Phi) is 3.13. The van der Waals surface area contributed by atoms with Gasteiger partial charge in [0.2, 0.25) is 0 Å². The molecule has 2 aliphatic carbocycles. The molecule has 2 aromatic rings. The van der Waals surface area contributed by atoms with E-state index in [4.69, 9.17) is 0 Å². The van der Waals surface area contributed by atoms with Crippen molar-refractivity contribution in [1.82, 2.24) is 15.0 Å². The normalized spacial score (nSPS) is 25.0. The maximum absolute atomic E-state index is 12.5. The van der Waals surface area contributed by atoms with Crippen LogP contribution in [0.15, 0.2) is 40.2 Å². The second-order valence-electron chi connectivity index (χ2n) is 7.00. The molecule has 1 aliphatic heterocycles. The van der Waals surface area contributed by atoms with Gasteiger partial charge in [-0.15, -0.1) is 0 Å². The van der Waals surface area contributed by atoms with Crippen molar-refractivity contribution in [3.8, 4) is 0 Å². The summed E-state index contributed by atoms with van der Waals surface area (Å²) < 4.78 is 1.73. The standard InChI is InChI=1S/C19H18N4O2/c24-18(22-21-16-9-11-3-1-4-13(11)16)12-6-7-14-15(10-12)20-17-5-2-8-23(17)19(14)25/h1,3,6-7,10-11,13H,2,4-5,8-9H2,(H,22,24)/b21-16-/t11-,13-/m0/s1. The second-order valence-corrected chi connectivity index (χ2v) is 7.00. The molecule has 1 fully saturated rings. The SMILES string of the molecule is O=C(N/N=C1/C[C@@H]2C=CC[C@H]12)c1ccc2c(=O)n3c(nc2c1)CCC3. The van der Waals surface area contributed by atoms with E-state index in [1.807, 2.05) is 0 Å². The summed E-state index contributed by atoms with van der Waals surface area (Å²) in [5.41, 5.74) is 4.77. The van der Waals surface area contributed by atoms with Gasteiger partial charge >= 0.3 is 0 Å². The summed E-state index contributed by atoms with van der Waals surface area (Å²) in [6, 6.07) is 5.05. The smallest absolute Gasteiger partial charge is 0.271 e. The fraction of sp³-hybridized carbons (Fsp3) is 0.368. The van der Waals surface area contributed by atoms with Crippen molar-refractivity contribution in [3.05, 3.63) is 52.1 Å². The van der Waals surface area contributed by atoms with Gasteiger partial charge in [-0.2, -0.15) is 5.10 Å². The zero-order valence-corrected chi connectivity index (χ0v) is 13.7. The highest BCUT2D eigenvalue weighted by Crippen LogP contribution is 2.40. The Balaban J connectivity index is 1.41. The van der Waals surface area contributed by atoms with Gasteiger partial charge in [-0.05, 0) is 43.4 Å². The van der Waals surface area contributed by atoms with Crippen LogP contribution in [0, 0.1) is 11.8 Å². The maximum atomic E-state index is 12.5. The third-order valence-corrected chi connectivity index (χ3v) is 5.54. The first-order chi connectivity index (χ1) is 12.2. The molecular formula is C19H18N4O2. The molecule has 6 nitrogen and oxygen atoms in total. The monoisotopic (exact) mass is 334 g/mol. The number of hydrogen-bond donors (Lipinski definition) is 1. The number of carbonyl (C=O) groups excluding carboxylic acids is 1. The first kappa shape index (κ1) is 14.6. The molecule has 0 bridgehead atoms. The third-order valence-electron chi connectivity index (χ3n) is 5.54. The van der Waals surface area contributed by atoms with Crippen molar-refractivity contribution < 1.29 is 4.79 Å². The number of fused-ring (bicyclic) bond motifs is 3. The summed E-state index contributed by atoms with van der Waals surface area (Å²) in [7, 11) is 0. The molecule has 1 aromatic heterocycles. The first-order valence-electron chi connectivity index (χ1n) is 8.77. The number of hydrazone groups is 1. The summed E-state index contributed by atoms with van der Waals surface area (Å²) in [5.74, 6) is 1.63. The Morgan fingerprint density at radius 3 is 3.16 bits per heavy atom. The minimum absolute atomic E-state index is 0.0149. The Morgan fingerprint density at radius 1 is 1.36 bits per heavy atom. The number of aromatic nitrogens is 2. The summed E-state index contributed by atoms with van der Waals surface area (Å²) >= 11 is 0. The van der Waals surface area contributed by atoms with Gasteiger partial charge in [0.05, 0.1) is 10.9 Å². The number of amides is 1. The zero-order chi connectivity index (χ0) is 17.0. The van der Waals surface area contributed by atoms with Crippen molar-refractivity contribution in [2.45, 2.75) is 32.2 Å². The minimum Gasteiger partial charge on any atom is -0.296 e. The van der Waals surface area contributed by atoms with Gasteiger partial charge in [-0.1, -0.05) is 12.2 Å². The van der Waals surface area contributed by atoms with E-state index in [0.29, 0.717) is 28.3 Å². The van der Waals surface area contributed by atoms with E-state index in [9.17, 15) is 9.59 Å². The maximum Gasteiger partial charge on any atom is 0.271 e. The molecule has 1 saturated carbocycles. The number of benzene rings is 1. The lowest BCUT2D eigenvalue weighted by Crippen LogP contribution is -2.35. The molecule has 2 atom stereocenters. The molecule has 25 heavy (non-hydrogen) atoms. The third kappa shape index (κ3) is 2.24. The summed E-state index contributed by atoms with van der Waals surface area (Å²) in [6.07, 6.45) is 8.13. The number of nitrogens with one attached hydrogen (secondary N) is 1. The van der Waals surface area contributed by atoms with Crippen LogP contribution in [0.2, 0.25) is 0 Å². The molecule has 126 valence electrons. The summed E-state index contributed by atoms with van der Waals surface area (Å²) in [4.78, 5) is 29.4. The highest BCUT2D eigenvalue weighted by molar-refractivity contribution is 5.99. The van der Waals surface area contributed by atoms with Gasteiger partial charge in [-0.25, -0.2) is 10.4 Å². The lowest BCUT2D eigenvalue weighted by Gasteiger charge is -2.31. The minimum atomic E-state index is -0.258. The Labute approximate surface area is 144 Å². The largest absolute Gasteiger partial charge is 0.296 e. The van der Waals surface area contributed by atoms with Gasteiger partial charge in [0.15, 0.2) is 0 Å². The van der Waals surface area contributed by atoms with Gasteiger partial charge < -0.3 is 0 Å². The average Bonchev–Trinajstić information content (AvgIpc) is 3.21. The Hall–Kier alpha value is -2.76. The number of nitrogens with zero attached hydrogens (tertiary/aromatic N) is 3. The van der Waals surface area contributed by atoms with Crippen LogP contribution in [-0.2, 0) is 13.0 Å². The quantitative estimate of drug-likeness (QED) is 0.674. The predicted octanol–water partition coefficient (Wildman–Crippen LogP) is 2.02. The van der Waals surface area contributed by atoms with Crippen LogP contribution in [0.4, 0.5) is 0 Å². The van der Waals surface area contributed by atoms with E-state index in [0.717, 1.165) is 43.8 Å². The topological polar surface area (TPSA) is 76.3 Å². The molecule has 6 heteroatoms. The van der Waals surface area contributed by atoms with Gasteiger partial charge in [0.1, 0.15) is 5.82 Å². The highest BCUT2D eigenvalue weighted by atomic mass is 16.2. The molecule has 1 aromatic carbocycles. The van der Waals surface area contributed by atoms with Gasteiger partial charge in [0, 0.05) is 30.2 Å². The van der Waals surface area contributed by atoms with Crippen molar-refractivity contribution >= 4 is 22.5 Å². The number of carbonyl (C=O) groups is 1. The molecule has 1 N–H and O–H groups in total. The number of rotatable bonds is 2.